The summed E-state index contributed by atoms with van der Waals surface area (Å²) in [6.07, 6.45) is 6.41. The summed E-state index contributed by atoms with van der Waals surface area (Å²) in [5.41, 5.74) is -0.00328. The predicted octanol–water partition coefficient (Wildman–Crippen LogP) is 3.00. The van der Waals surface area contributed by atoms with Crippen LogP contribution in [-0.2, 0) is 4.74 Å². The van der Waals surface area contributed by atoms with Crippen LogP contribution < -0.4 is 15.4 Å². The van der Waals surface area contributed by atoms with Crippen LogP contribution in [0.5, 0.6) is 5.75 Å². The molecule has 1 saturated carbocycles. The molecule has 1 aromatic carbocycles. The van der Waals surface area contributed by atoms with Gasteiger partial charge in [0.25, 0.3) is 0 Å². The second-order valence-corrected chi connectivity index (χ2v) is 6.63. The van der Waals surface area contributed by atoms with E-state index in [0.29, 0.717) is 25.5 Å². The molecule has 0 radical (unpaired) electrons. The molecule has 1 saturated heterocycles. The quantitative estimate of drug-likeness (QED) is 0.813. The number of carbonyl (C=O) groups is 1. The lowest BCUT2D eigenvalue weighted by atomic mass is 9.89. The Morgan fingerprint density at radius 1 is 1.38 bits per heavy atom. The summed E-state index contributed by atoms with van der Waals surface area (Å²) < 4.78 is 24.4. The summed E-state index contributed by atoms with van der Waals surface area (Å²) in [5.74, 6) is 0.128. The number of hydrogen-bond acceptors (Lipinski definition) is 3. The van der Waals surface area contributed by atoms with Crippen molar-refractivity contribution in [2.75, 3.05) is 19.8 Å². The van der Waals surface area contributed by atoms with Crippen LogP contribution in [0.4, 0.5) is 9.18 Å². The van der Waals surface area contributed by atoms with E-state index >= 15 is 0 Å². The summed E-state index contributed by atoms with van der Waals surface area (Å²) in [7, 11) is 0. The minimum Gasteiger partial charge on any atom is -0.492 e. The highest BCUT2D eigenvalue weighted by Crippen LogP contribution is 2.39. The molecule has 1 spiro atoms. The van der Waals surface area contributed by atoms with Crippen LogP contribution in [0.3, 0.4) is 0 Å². The first kappa shape index (κ1) is 17.0. The molecule has 5 nitrogen and oxygen atoms in total. The van der Waals surface area contributed by atoms with Gasteiger partial charge in [0.15, 0.2) is 0 Å². The highest BCUT2D eigenvalue weighted by atomic mass is 19.1. The Balaban J connectivity index is 1.35. The molecule has 3 rings (SSSR count). The minimum atomic E-state index is -0.335. The van der Waals surface area contributed by atoms with Crippen molar-refractivity contribution >= 4 is 6.03 Å². The normalized spacial score (nSPS) is 22.3. The van der Waals surface area contributed by atoms with Crippen LogP contribution in [0, 0.1) is 5.82 Å². The summed E-state index contributed by atoms with van der Waals surface area (Å²) in [6.45, 7) is 1.39. The first-order chi connectivity index (χ1) is 11.7. The van der Waals surface area contributed by atoms with E-state index in [1.54, 1.807) is 12.1 Å². The maximum absolute atomic E-state index is 13.0. The Bertz CT molecular complexity index is 561. The SMILES string of the molecule is O=C(NCCOc1cccc(F)c1)NC1CCOC2(CCCC2)C1. The molecule has 1 aliphatic heterocycles. The van der Waals surface area contributed by atoms with Gasteiger partial charge in [-0.2, -0.15) is 0 Å². The van der Waals surface area contributed by atoms with E-state index < -0.39 is 0 Å². The largest absolute Gasteiger partial charge is 0.492 e. The Hall–Kier alpha value is -1.82. The molecular formula is C18H25FN2O3. The average Bonchev–Trinajstić information content (AvgIpc) is 2.99. The molecule has 2 fully saturated rings. The lowest BCUT2D eigenvalue weighted by Gasteiger charge is -2.38. The van der Waals surface area contributed by atoms with E-state index in [1.165, 1.54) is 25.0 Å². The van der Waals surface area contributed by atoms with Gasteiger partial charge in [-0.3, -0.25) is 0 Å². The molecule has 1 atom stereocenters. The summed E-state index contributed by atoms with van der Waals surface area (Å²) in [6, 6.07) is 5.95. The van der Waals surface area contributed by atoms with Gasteiger partial charge in [-0.15, -0.1) is 0 Å². The molecule has 24 heavy (non-hydrogen) atoms. The Morgan fingerprint density at radius 2 is 2.21 bits per heavy atom. The molecule has 1 heterocycles. The van der Waals surface area contributed by atoms with E-state index in [9.17, 15) is 9.18 Å². The van der Waals surface area contributed by atoms with Gasteiger partial charge in [-0.25, -0.2) is 9.18 Å². The number of benzene rings is 1. The Morgan fingerprint density at radius 3 is 3.00 bits per heavy atom. The standard InChI is InChI=1S/C18H25FN2O3/c19-14-4-3-5-16(12-14)23-11-9-20-17(22)21-15-6-10-24-18(13-15)7-1-2-8-18/h3-5,12,15H,1-2,6-11,13H2,(H2,20,21,22). The van der Waals surface area contributed by atoms with Crippen LogP contribution in [0.25, 0.3) is 0 Å². The van der Waals surface area contributed by atoms with Gasteiger partial charge in [0, 0.05) is 18.7 Å². The van der Waals surface area contributed by atoms with Crippen molar-refractivity contribution in [2.45, 2.75) is 50.2 Å². The van der Waals surface area contributed by atoms with Crippen molar-refractivity contribution in [1.82, 2.24) is 10.6 Å². The fourth-order valence-electron chi connectivity index (χ4n) is 3.65. The predicted molar refractivity (Wildman–Crippen MR) is 88.6 cm³/mol. The van der Waals surface area contributed by atoms with Gasteiger partial charge in [0.2, 0.25) is 0 Å². The van der Waals surface area contributed by atoms with Crippen LogP contribution in [0.2, 0.25) is 0 Å². The van der Waals surface area contributed by atoms with E-state index in [0.717, 1.165) is 25.7 Å². The lowest BCUT2D eigenvalue weighted by Crippen LogP contribution is -2.50. The second-order valence-electron chi connectivity index (χ2n) is 6.63. The molecule has 0 aromatic heterocycles. The van der Waals surface area contributed by atoms with Gasteiger partial charge < -0.3 is 20.1 Å². The van der Waals surface area contributed by atoms with E-state index in [-0.39, 0.29) is 23.5 Å². The molecule has 2 amide bonds. The second kappa shape index (κ2) is 7.83. The summed E-state index contributed by atoms with van der Waals surface area (Å²) in [4.78, 5) is 12.0. The van der Waals surface area contributed by atoms with Crippen LogP contribution in [-0.4, -0.2) is 37.4 Å². The van der Waals surface area contributed by atoms with Crippen molar-refractivity contribution in [3.8, 4) is 5.75 Å². The number of carbonyl (C=O) groups excluding carboxylic acids is 1. The fraction of sp³-hybridized carbons (Fsp3) is 0.611. The summed E-state index contributed by atoms with van der Waals surface area (Å²) >= 11 is 0. The third-order valence-electron chi connectivity index (χ3n) is 4.80. The van der Waals surface area contributed by atoms with Crippen LogP contribution >= 0.6 is 0 Å². The topological polar surface area (TPSA) is 59.6 Å². The average molecular weight is 336 g/mol. The number of hydrogen-bond donors (Lipinski definition) is 2. The van der Waals surface area contributed by atoms with Gasteiger partial charge in [-0.1, -0.05) is 18.9 Å². The van der Waals surface area contributed by atoms with Crippen molar-refractivity contribution in [3.05, 3.63) is 30.1 Å². The van der Waals surface area contributed by atoms with E-state index in [1.807, 2.05) is 0 Å². The Labute approximate surface area is 141 Å². The van der Waals surface area contributed by atoms with Crippen LogP contribution in [0.15, 0.2) is 24.3 Å². The minimum absolute atomic E-state index is 0.00328. The zero-order chi connectivity index (χ0) is 16.8. The molecule has 1 aromatic rings. The Kier molecular flexibility index (Phi) is 5.56. The molecule has 132 valence electrons. The van der Waals surface area contributed by atoms with Crippen LogP contribution in [0.1, 0.15) is 38.5 Å². The number of urea groups is 1. The maximum Gasteiger partial charge on any atom is 0.315 e. The van der Waals surface area contributed by atoms with Crippen molar-refractivity contribution in [3.63, 3.8) is 0 Å². The third kappa shape index (κ3) is 4.60. The maximum atomic E-state index is 13.0. The van der Waals surface area contributed by atoms with Gasteiger partial charge >= 0.3 is 6.03 Å². The zero-order valence-corrected chi connectivity index (χ0v) is 13.9. The number of halogens is 1. The summed E-state index contributed by atoms with van der Waals surface area (Å²) in [5, 5.41) is 5.82. The number of ether oxygens (including phenoxy) is 2. The first-order valence-electron chi connectivity index (χ1n) is 8.72. The number of nitrogens with one attached hydrogen (secondary N) is 2. The number of rotatable bonds is 5. The van der Waals surface area contributed by atoms with Crippen molar-refractivity contribution in [1.29, 1.82) is 0 Å². The monoisotopic (exact) mass is 336 g/mol. The fourth-order valence-corrected chi connectivity index (χ4v) is 3.65. The highest BCUT2D eigenvalue weighted by Gasteiger charge is 2.40. The third-order valence-corrected chi connectivity index (χ3v) is 4.80. The highest BCUT2D eigenvalue weighted by molar-refractivity contribution is 5.74. The van der Waals surface area contributed by atoms with Gasteiger partial charge in [-0.05, 0) is 37.8 Å². The first-order valence-corrected chi connectivity index (χ1v) is 8.72. The molecule has 1 aliphatic carbocycles. The van der Waals surface area contributed by atoms with Crippen molar-refractivity contribution in [2.24, 2.45) is 0 Å². The molecular weight excluding hydrogens is 311 g/mol. The molecule has 1 unspecified atom stereocenters. The number of amides is 2. The molecule has 2 aliphatic rings. The van der Waals surface area contributed by atoms with Gasteiger partial charge in [0.05, 0.1) is 12.1 Å². The van der Waals surface area contributed by atoms with Gasteiger partial charge in [0.1, 0.15) is 18.2 Å². The van der Waals surface area contributed by atoms with E-state index in [2.05, 4.69) is 10.6 Å². The zero-order valence-electron chi connectivity index (χ0n) is 13.9. The van der Waals surface area contributed by atoms with E-state index in [4.69, 9.17) is 9.47 Å². The molecule has 6 heteroatoms. The molecule has 2 N–H and O–H groups in total. The molecule has 0 bridgehead atoms. The van der Waals surface area contributed by atoms with Crippen molar-refractivity contribution < 1.29 is 18.7 Å². The lowest BCUT2D eigenvalue weighted by molar-refractivity contribution is -0.0820. The smallest absolute Gasteiger partial charge is 0.315 e.